The molecule has 0 fully saturated rings. The topological polar surface area (TPSA) is 66.8 Å². The molecule has 0 amide bonds. The van der Waals surface area contributed by atoms with Gasteiger partial charge < -0.3 is 14.5 Å². The molecule has 0 bridgehead atoms. The highest BCUT2D eigenvalue weighted by Crippen LogP contribution is 2.43. The fraction of sp³-hybridized carbons (Fsp3) is 0.188. The van der Waals surface area contributed by atoms with Crippen molar-refractivity contribution >= 4 is 25.1 Å². The van der Waals surface area contributed by atoms with Crippen LogP contribution in [0.1, 0.15) is 28.5 Å². The van der Waals surface area contributed by atoms with E-state index in [0.717, 1.165) is 16.3 Å². The van der Waals surface area contributed by atoms with E-state index in [1.807, 2.05) is 24.3 Å². The van der Waals surface area contributed by atoms with Crippen LogP contribution in [0.4, 0.5) is 0 Å². The molecule has 0 aromatic heterocycles. The van der Waals surface area contributed by atoms with Gasteiger partial charge in [-0.2, -0.15) is 0 Å². The van der Waals surface area contributed by atoms with Gasteiger partial charge in [-0.25, -0.2) is 4.79 Å². The lowest BCUT2D eigenvalue weighted by molar-refractivity contribution is 0.0550. The highest BCUT2D eigenvalue weighted by Gasteiger charge is 2.15. The Labute approximate surface area is 124 Å². The Morgan fingerprint density at radius 2 is 2.00 bits per heavy atom. The van der Waals surface area contributed by atoms with Crippen molar-refractivity contribution in [1.82, 2.24) is 0 Å². The van der Waals surface area contributed by atoms with Crippen molar-refractivity contribution in [1.29, 1.82) is 0 Å². The monoisotopic (exact) mass is 304 g/mol. The predicted molar refractivity (Wildman–Crippen MR) is 84.2 cm³/mol. The van der Waals surface area contributed by atoms with Crippen LogP contribution in [-0.4, -0.2) is 22.4 Å². The maximum absolute atomic E-state index is 11.8. The number of benzene rings is 2. The normalized spacial score (nSPS) is 12.4. The summed E-state index contributed by atoms with van der Waals surface area (Å²) in [6.07, 6.45) is 1.52. The minimum atomic E-state index is -2.02. The Hall–Kier alpha value is -1.74. The number of carbonyl (C=O) groups excluding carboxylic acids is 1. The number of carbonyl (C=O) groups is 1. The van der Waals surface area contributed by atoms with Gasteiger partial charge in [-0.1, -0.05) is 36.9 Å². The third-order valence-electron chi connectivity index (χ3n) is 3.26. The standard InChI is InChI=1S/C16H17O4P/c1-3-8-20-16(17)14-7-5-12-4-6-13(9-15(12)10-14)11(2)21(18)19/h3-7,9-11,18-19H,1,8H2,2H3. The third-order valence-corrected chi connectivity index (χ3v) is 4.25. The van der Waals surface area contributed by atoms with Gasteiger partial charge in [0.15, 0.2) is 8.38 Å². The quantitative estimate of drug-likeness (QED) is 0.504. The van der Waals surface area contributed by atoms with Gasteiger partial charge in [0.05, 0.1) is 11.2 Å². The zero-order valence-corrected chi connectivity index (χ0v) is 12.6. The van der Waals surface area contributed by atoms with Crippen LogP contribution < -0.4 is 0 Å². The summed E-state index contributed by atoms with van der Waals surface area (Å²) in [6.45, 7) is 5.43. The van der Waals surface area contributed by atoms with Crippen molar-refractivity contribution in [3.05, 3.63) is 60.2 Å². The van der Waals surface area contributed by atoms with E-state index in [0.29, 0.717) is 5.56 Å². The van der Waals surface area contributed by atoms with Gasteiger partial charge in [-0.15, -0.1) is 0 Å². The molecule has 0 spiro atoms. The van der Waals surface area contributed by atoms with Crippen LogP contribution in [0.3, 0.4) is 0 Å². The Morgan fingerprint density at radius 3 is 2.67 bits per heavy atom. The zero-order valence-electron chi connectivity index (χ0n) is 11.7. The van der Waals surface area contributed by atoms with Gasteiger partial charge in [-0.05, 0) is 35.4 Å². The summed E-state index contributed by atoms with van der Waals surface area (Å²) in [4.78, 5) is 30.5. The summed E-state index contributed by atoms with van der Waals surface area (Å²) in [7, 11) is -2.02. The smallest absolute Gasteiger partial charge is 0.338 e. The minimum Gasteiger partial charge on any atom is -0.458 e. The third kappa shape index (κ3) is 3.67. The Balaban J connectivity index is 2.36. The number of hydrogen-bond donors (Lipinski definition) is 2. The molecule has 5 heteroatoms. The molecule has 0 saturated carbocycles. The molecule has 0 saturated heterocycles. The number of hydrogen-bond acceptors (Lipinski definition) is 4. The molecule has 2 aromatic rings. The molecule has 0 heterocycles. The molecule has 0 radical (unpaired) electrons. The van der Waals surface area contributed by atoms with Crippen molar-refractivity contribution in [3.63, 3.8) is 0 Å². The fourth-order valence-electron chi connectivity index (χ4n) is 2.00. The van der Waals surface area contributed by atoms with E-state index in [4.69, 9.17) is 4.74 Å². The molecule has 0 aliphatic rings. The van der Waals surface area contributed by atoms with E-state index in [2.05, 4.69) is 6.58 Å². The lowest BCUT2D eigenvalue weighted by atomic mass is 10.0. The Bertz CT molecular complexity index is 666. The lowest BCUT2D eigenvalue weighted by Gasteiger charge is -2.13. The molecule has 2 aromatic carbocycles. The maximum atomic E-state index is 11.8. The van der Waals surface area contributed by atoms with Crippen LogP contribution in [-0.2, 0) is 4.74 Å². The summed E-state index contributed by atoms with van der Waals surface area (Å²) < 4.78 is 5.01. The first-order valence-corrected chi connectivity index (χ1v) is 7.83. The predicted octanol–water partition coefficient (Wildman–Crippen LogP) is 3.54. The molecule has 1 atom stereocenters. The van der Waals surface area contributed by atoms with E-state index < -0.39 is 14.3 Å². The first-order chi connectivity index (χ1) is 10.0. The van der Waals surface area contributed by atoms with Gasteiger partial charge in [0.1, 0.15) is 6.61 Å². The van der Waals surface area contributed by atoms with Crippen LogP contribution in [0.5, 0.6) is 0 Å². The highest BCUT2D eigenvalue weighted by atomic mass is 31.2. The van der Waals surface area contributed by atoms with Crippen LogP contribution in [0.15, 0.2) is 49.1 Å². The fourth-order valence-corrected chi connectivity index (χ4v) is 2.43. The van der Waals surface area contributed by atoms with Crippen molar-refractivity contribution in [2.24, 2.45) is 0 Å². The van der Waals surface area contributed by atoms with Crippen LogP contribution in [0.25, 0.3) is 10.8 Å². The first kappa shape index (κ1) is 15.6. The summed E-state index contributed by atoms with van der Waals surface area (Å²) >= 11 is 0. The number of fused-ring (bicyclic) bond motifs is 1. The summed E-state index contributed by atoms with van der Waals surface area (Å²) in [5, 5.41) is 1.84. The zero-order chi connectivity index (χ0) is 15.4. The summed E-state index contributed by atoms with van der Waals surface area (Å²) in [6, 6.07) is 10.9. The van der Waals surface area contributed by atoms with Crippen molar-refractivity contribution < 1.29 is 19.3 Å². The molecule has 0 aliphatic carbocycles. The lowest BCUT2D eigenvalue weighted by Crippen LogP contribution is -2.04. The molecular weight excluding hydrogens is 287 g/mol. The van der Waals surface area contributed by atoms with Gasteiger partial charge in [0.2, 0.25) is 0 Å². The SMILES string of the molecule is C=CCOC(=O)c1ccc2ccc(C(C)P(O)O)cc2c1. The van der Waals surface area contributed by atoms with E-state index in [1.54, 1.807) is 19.1 Å². The molecule has 1 unspecified atom stereocenters. The molecule has 110 valence electrons. The van der Waals surface area contributed by atoms with E-state index in [-0.39, 0.29) is 12.3 Å². The maximum Gasteiger partial charge on any atom is 0.338 e. The van der Waals surface area contributed by atoms with Crippen molar-refractivity contribution in [2.75, 3.05) is 6.61 Å². The van der Waals surface area contributed by atoms with Crippen LogP contribution in [0, 0.1) is 0 Å². The second-order valence-electron chi connectivity index (χ2n) is 4.70. The molecule has 2 rings (SSSR count). The molecule has 4 nitrogen and oxygen atoms in total. The van der Waals surface area contributed by atoms with Crippen molar-refractivity contribution in [3.8, 4) is 0 Å². The Morgan fingerprint density at radius 1 is 1.29 bits per heavy atom. The van der Waals surface area contributed by atoms with E-state index in [1.165, 1.54) is 6.08 Å². The first-order valence-electron chi connectivity index (χ1n) is 6.51. The van der Waals surface area contributed by atoms with Gasteiger partial charge in [0.25, 0.3) is 0 Å². The number of ether oxygens (including phenoxy) is 1. The summed E-state index contributed by atoms with van der Waals surface area (Å²) in [5.41, 5.74) is 0.959. The van der Waals surface area contributed by atoms with Gasteiger partial charge in [-0.3, -0.25) is 0 Å². The minimum absolute atomic E-state index is 0.174. The molecule has 21 heavy (non-hydrogen) atoms. The molecule has 2 N–H and O–H groups in total. The average molecular weight is 304 g/mol. The summed E-state index contributed by atoms with van der Waals surface area (Å²) in [5.74, 6) is -0.401. The van der Waals surface area contributed by atoms with Crippen molar-refractivity contribution in [2.45, 2.75) is 12.6 Å². The molecular formula is C16H17O4P. The van der Waals surface area contributed by atoms with Gasteiger partial charge >= 0.3 is 5.97 Å². The van der Waals surface area contributed by atoms with Crippen LogP contribution in [0.2, 0.25) is 0 Å². The Kier molecular flexibility index (Phi) is 5.07. The highest BCUT2D eigenvalue weighted by molar-refractivity contribution is 7.45. The van der Waals surface area contributed by atoms with Crippen LogP contribution >= 0.6 is 8.38 Å². The largest absolute Gasteiger partial charge is 0.458 e. The average Bonchev–Trinajstić information content (AvgIpc) is 2.50. The van der Waals surface area contributed by atoms with E-state index >= 15 is 0 Å². The van der Waals surface area contributed by atoms with E-state index in [9.17, 15) is 14.6 Å². The number of rotatable bonds is 5. The number of esters is 1. The molecule has 0 aliphatic heterocycles. The van der Waals surface area contributed by atoms with Gasteiger partial charge in [0, 0.05) is 0 Å². The second-order valence-corrected chi connectivity index (χ2v) is 6.12. The second kappa shape index (κ2) is 6.81.